The van der Waals surface area contributed by atoms with Crippen LogP contribution in [0.1, 0.15) is 36.1 Å². The molecule has 31 heavy (non-hydrogen) atoms. The van der Waals surface area contributed by atoms with Crippen molar-refractivity contribution in [3.63, 3.8) is 0 Å². The molecule has 0 fully saturated rings. The Morgan fingerprint density at radius 1 is 1.00 bits per heavy atom. The van der Waals surface area contributed by atoms with Crippen molar-refractivity contribution >= 4 is 39.8 Å². The van der Waals surface area contributed by atoms with E-state index in [9.17, 15) is 8.42 Å². The van der Waals surface area contributed by atoms with Gasteiger partial charge in [0.25, 0.3) is 0 Å². The Labute approximate surface area is 204 Å². The predicted octanol–water partition coefficient (Wildman–Crippen LogP) is 3.72. The minimum absolute atomic E-state index is 0. The van der Waals surface area contributed by atoms with Gasteiger partial charge in [-0.25, -0.2) is 8.42 Å². The SMILES string of the molecule is CCN(CC)Cc1ccccc1CNC(=NC)NCc1ccc(S(C)(=O)=O)c(C)c1.I. The molecule has 2 rings (SSSR count). The topological polar surface area (TPSA) is 73.8 Å². The second-order valence-electron chi connectivity index (χ2n) is 7.38. The predicted molar refractivity (Wildman–Crippen MR) is 140 cm³/mol. The molecule has 0 aromatic heterocycles. The Kier molecular flexibility index (Phi) is 11.5. The number of nitrogens with one attached hydrogen (secondary N) is 2. The Balaban J connectivity index is 0.00000480. The van der Waals surface area contributed by atoms with Gasteiger partial charge in [-0.1, -0.05) is 50.2 Å². The molecule has 0 saturated carbocycles. The van der Waals surface area contributed by atoms with Crippen LogP contribution in [0, 0.1) is 6.92 Å². The van der Waals surface area contributed by atoms with Gasteiger partial charge in [-0.2, -0.15) is 0 Å². The summed E-state index contributed by atoms with van der Waals surface area (Å²) in [5, 5.41) is 6.68. The summed E-state index contributed by atoms with van der Waals surface area (Å²) >= 11 is 0. The van der Waals surface area contributed by atoms with Gasteiger partial charge < -0.3 is 10.6 Å². The van der Waals surface area contributed by atoms with Crippen LogP contribution in [-0.4, -0.2) is 45.7 Å². The van der Waals surface area contributed by atoms with Crippen molar-refractivity contribution in [2.45, 2.75) is 45.3 Å². The van der Waals surface area contributed by atoms with Crippen molar-refractivity contribution in [1.82, 2.24) is 15.5 Å². The quantitative estimate of drug-likeness (QED) is 0.279. The van der Waals surface area contributed by atoms with E-state index in [0.29, 0.717) is 23.9 Å². The smallest absolute Gasteiger partial charge is 0.191 e. The van der Waals surface area contributed by atoms with E-state index in [4.69, 9.17) is 0 Å². The van der Waals surface area contributed by atoms with Gasteiger partial charge in [0.05, 0.1) is 4.90 Å². The number of sulfone groups is 1. The van der Waals surface area contributed by atoms with Gasteiger partial charge in [0, 0.05) is 32.9 Å². The number of hydrogen-bond donors (Lipinski definition) is 2. The first-order chi connectivity index (χ1) is 14.3. The maximum absolute atomic E-state index is 11.8. The highest BCUT2D eigenvalue weighted by Crippen LogP contribution is 2.16. The molecule has 2 N–H and O–H groups in total. The summed E-state index contributed by atoms with van der Waals surface area (Å²) in [5.41, 5.74) is 4.33. The van der Waals surface area contributed by atoms with Crippen LogP contribution in [0.2, 0.25) is 0 Å². The minimum atomic E-state index is -3.20. The van der Waals surface area contributed by atoms with Gasteiger partial charge in [0.2, 0.25) is 0 Å². The number of hydrogen-bond acceptors (Lipinski definition) is 4. The van der Waals surface area contributed by atoms with Crippen LogP contribution >= 0.6 is 24.0 Å². The Bertz CT molecular complexity index is 973. The lowest BCUT2D eigenvalue weighted by Gasteiger charge is -2.20. The zero-order valence-corrected chi connectivity index (χ0v) is 22.3. The van der Waals surface area contributed by atoms with Crippen LogP contribution in [0.3, 0.4) is 0 Å². The lowest BCUT2D eigenvalue weighted by Crippen LogP contribution is -2.36. The molecule has 0 aliphatic rings. The third-order valence-electron chi connectivity index (χ3n) is 5.18. The average Bonchev–Trinajstić information content (AvgIpc) is 2.72. The third-order valence-corrected chi connectivity index (χ3v) is 6.43. The highest BCUT2D eigenvalue weighted by Gasteiger charge is 2.11. The van der Waals surface area contributed by atoms with E-state index in [1.54, 1.807) is 13.1 Å². The molecule has 0 spiro atoms. The van der Waals surface area contributed by atoms with E-state index in [1.807, 2.05) is 19.1 Å². The molecule has 0 aliphatic heterocycles. The van der Waals surface area contributed by atoms with Gasteiger partial charge in [0.1, 0.15) is 0 Å². The molecule has 6 nitrogen and oxygen atoms in total. The summed E-state index contributed by atoms with van der Waals surface area (Å²) < 4.78 is 23.6. The largest absolute Gasteiger partial charge is 0.352 e. The van der Waals surface area contributed by atoms with E-state index in [1.165, 1.54) is 17.4 Å². The molecule has 0 radical (unpaired) electrons. The third kappa shape index (κ3) is 8.42. The van der Waals surface area contributed by atoms with Crippen LogP contribution in [0.5, 0.6) is 0 Å². The van der Waals surface area contributed by atoms with Crippen LogP contribution in [0.15, 0.2) is 52.4 Å². The summed E-state index contributed by atoms with van der Waals surface area (Å²) in [4.78, 5) is 7.08. The van der Waals surface area contributed by atoms with Gasteiger partial charge in [-0.05, 0) is 48.3 Å². The fraction of sp³-hybridized carbons (Fsp3) is 0.435. The number of guanidine groups is 1. The molecule has 0 heterocycles. The first kappa shape index (κ1) is 27.4. The number of benzene rings is 2. The number of halogens is 1. The number of rotatable bonds is 9. The summed E-state index contributed by atoms with van der Waals surface area (Å²) in [6.07, 6.45) is 1.23. The van der Waals surface area contributed by atoms with Crippen molar-refractivity contribution in [3.8, 4) is 0 Å². The van der Waals surface area contributed by atoms with Gasteiger partial charge in [0.15, 0.2) is 15.8 Å². The van der Waals surface area contributed by atoms with Gasteiger partial charge in [-0.15, -0.1) is 24.0 Å². The Morgan fingerprint density at radius 3 is 2.16 bits per heavy atom. The minimum Gasteiger partial charge on any atom is -0.352 e. The van der Waals surface area contributed by atoms with Crippen molar-refractivity contribution in [2.75, 3.05) is 26.4 Å². The van der Waals surface area contributed by atoms with Crippen LogP contribution < -0.4 is 10.6 Å². The average molecular weight is 559 g/mol. The molecule has 0 atom stereocenters. The first-order valence-corrected chi connectivity index (χ1v) is 12.2. The highest BCUT2D eigenvalue weighted by atomic mass is 127. The lowest BCUT2D eigenvalue weighted by molar-refractivity contribution is 0.295. The summed E-state index contributed by atoms with van der Waals surface area (Å²) in [7, 11) is -1.46. The van der Waals surface area contributed by atoms with Gasteiger partial charge in [-0.3, -0.25) is 9.89 Å². The van der Waals surface area contributed by atoms with Crippen molar-refractivity contribution < 1.29 is 8.42 Å². The zero-order valence-electron chi connectivity index (χ0n) is 19.1. The Hall–Kier alpha value is -1.65. The van der Waals surface area contributed by atoms with Crippen LogP contribution in [0.4, 0.5) is 0 Å². The van der Waals surface area contributed by atoms with Crippen molar-refractivity contribution in [1.29, 1.82) is 0 Å². The first-order valence-electron chi connectivity index (χ1n) is 10.3. The molecule has 172 valence electrons. The van der Waals surface area contributed by atoms with E-state index < -0.39 is 9.84 Å². The maximum atomic E-state index is 11.8. The fourth-order valence-corrected chi connectivity index (χ4v) is 4.35. The van der Waals surface area contributed by atoms with Crippen LogP contribution in [0.25, 0.3) is 0 Å². The second-order valence-corrected chi connectivity index (χ2v) is 9.37. The molecule has 0 bridgehead atoms. The van der Waals surface area contributed by atoms with Gasteiger partial charge >= 0.3 is 0 Å². The molecule has 0 aliphatic carbocycles. The monoisotopic (exact) mass is 558 g/mol. The molecule has 8 heteroatoms. The molecule has 0 amide bonds. The van der Waals surface area contributed by atoms with Crippen molar-refractivity contribution in [2.24, 2.45) is 4.99 Å². The standard InChI is InChI=1S/C23H34N4O2S.HI/c1-6-27(7-2)17-21-11-9-8-10-20(21)16-26-23(24-4)25-15-19-12-13-22(18(3)14-19)30(5,28)29;/h8-14H,6-7,15-17H2,1-5H3,(H2,24,25,26);1H. The molecule has 2 aromatic rings. The summed E-state index contributed by atoms with van der Waals surface area (Å²) in [5.74, 6) is 0.706. The maximum Gasteiger partial charge on any atom is 0.191 e. The number of aryl methyl sites for hydroxylation is 1. The van der Waals surface area contributed by atoms with E-state index in [0.717, 1.165) is 30.8 Å². The normalized spacial score (nSPS) is 11.9. The highest BCUT2D eigenvalue weighted by molar-refractivity contribution is 14.0. The van der Waals surface area contributed by atoms with E-state index in [-0.39, 0.29) is 24.0 Å². The Morgan fingerprint density at radius 2 is 1.61 bits per heavy atom. The molecular weight excluding hydrogens is 523 g/mol. The van der Waals surface area contributed by atoms with Crippen LogP contribution in [-0.2, 0) is 29.5 Å². The molecule has 0 saturated heterocycles. The molecule has 0 unspecified atom stereocenters. The number of nitrogens with zero attached hydrogens (tertiary/aromatic N) is 2. The number of aliphatic imine (C=N–C) groups is 1. The second kappa shape index (κ2) is 13.0. The van der Waals surface area contributed by atoms with E-state index >= 15 is 0 Å². The lowest BCUT2D eigenvalue weighted by atomic mass is 10.1. The summed E-state index contributed by atoms with van der Waals surface area (Å²) in [6.45, 7) is 10.4. The van der Waals surface area contributed by atoms with E-state index in [2.05, 4.69) is 58.6 Å². The molecular formula is C23H35IN4O2S. The molecule has 2 aromatic carbocycles. The van der Waals surface area contributed by atoms with Crippen molar-refractivity contribution in [3.05, 3.63) is 64.7 Å². The fourth-order valence-electron chi connectivity index (χ4n) is 3.40. The summed E-state index contributed by atoms with van der Waals surface area (Å²) in [6, 6.07) is 13.9. The zero-order chi connectivity index (χ0) is 22.1.